The van der Waals surface area contributed by atoms with Crippen molar-refractivity contribution in [1.29, 1.82) is 0 Å². The Balaban J connectivity index is 1.58. The van der Waals surface area contributed by atoms with Crippen LogP contribution in [0, 0.1) is 0 Å². The van der Waals surface area contributed by atoms with Gasteiger partial charge in [0.05, 0.1) is 19.7 Å². The lowest BCUT2D eigenvalue weighted by atomic mass is 10.2. The van der Waals surface area contributed by atoms with Crippen molar-refractivity contribution < 1.29 is 19.1 Å². The number of para-hydroxylation sites is 1. The molecule has 1 N–H and O–H groups in total. The number of rotatable bonds is 6. The van der Waals surface area contributed by atoms with Crippen LogP contribution in [-0.4, -0.2) is 53.8 Å². The highest BCUT2D eigenvalue weighted by atomic mass is 16.5. The molecule has 0 radical (unpaired) electrons. The molecule has 3 aromatic rings. The fourth-order valence-corrected chi connectivity index (χ4v) is 3.69. The lowest BCUT2D eigenvalue weighted by Crippen LogP contribution is -2.28. The van der Waals surface area contributed by atoms with Crippen LogP contribution in [0.2, 0.25) is 0 Å². The van der Waals surface area contributed by atoms with Crippen LogP contribution in [-0.2, 0) is 11.3 Å². The van der Waals surface area contributed by atoms with Gasteiger partial charge in [-0.1, -0.05) is 18.2 Å². The molecule has 1 saturated heterocycles. The van der Waals surface area contributed by atoms with E-state index in [0.29, 0.717) is 22.9 Å². The van der Waals surface area contributed by atoms with Gasteiger partial charge in [-0.15, -0.1) is 0 Å². The normalized spacial score (nSPS) is 13.5. The van der Waals surface area contributed by atoms with Crippen molar-refractivity contribution in [2.24, 2.45) is 0 Å². The van der Waals surface area contributed by atoms with E-state index in [9.17, 15) is 9.59 Å². The van der Waals surface area contributed by atoms with Crippen molar-refractivity contribution in [3.8, 4) is 11.5 Å². The fraction of sp³-hybridized carbons (Fsp3) is 0.318. The number of nitrogens with one attached hydrogen (secondary N) is 1. The Morgan fingerprint density at radius 3 is 2.37 bits per heavy atom. The van der Waals surface area contributed by atoms with E-state index in [2.05, 4.69) is 10.4 Å². The molecule has 0 aliphatic carbocycles. The van der Waals surface area contributed by atoms with Gasteiger partial charge in [-0.25, -0.2) is 0 Å². The maximum Gasteiger partial charge on any atom is 0.275 e. The predicted octanol–water partition coefficient (Wildman–Crippen LogP) is 2.93. The van der Waals surface area contributed by atoms with E-state index in [-0.39, 0.29) is 18.4 Å². The van der Waals surface area contributed by atoms with E-state index in [1.807, 2.05) is 29.2 Å². The molecule has 1 aliphatic rings. The predicted molar refractivity (Wildman–Crippen MR) is 113 cm³/mol. The average Bonchev–Trinajstić information content (AvgIpc) is 3.42. The highest BCUT2D eigenvalue weighted by Gasteiger charge is 2.25. The SMILES string of the molecule is COc1cc(NC(=O)Cn2nc(C(=O)N3CCCC3)c3ccccc32)cc(OC)c1. The van der Waals surface area contributed by atoms with Gasteiger partial charge in [-0.05, 0) is 18.9 Å². The monoisotopic (exact) mass is 408 g/mol. The summed E-state index contributed by atoms with van der Waals surface area (Å²) in [5, 5.41) is 8.10. The number of hydrogen-bond donors (Lipinski definition) is 1. The van der Waals surface area contributed by atoms with Crippen LogP contribution in [0.1, 0.15) is 23.3 Å². The highest BCUT2D eigenvalue weighted by molar-refractivity contribution is 6.05. The summed E-state index contributed by atoms with van der Waals surface area (Å²) in [5.41, 5.74) is 1.70. The molecular weight excluding hydrogens is 384 g/mol. The largest absolute Gasteiger partial charge is 0.497 e. The Morgan fingerprint density at radius 1 is 1.03 bits per heavy atom. The Hall–Kier alpha value is -3.55. The van der Waals surface area contributed by atoms with Crippen LogP contribution in [0.4, 0.5) is 5.69 Å². The maximum absolute atomic E-state index is 12.9. The minimum absolute atomic E-state index is 0.0205. The van der Waals surface area contributed by atoms with Gasteiger partial charge in [0.25, 0.3) is 5.91 Å². The molecule has 8 heteroatoms. The number of methoxy groups -OCH3 is 2. The van der Waals surface area contributed by atoms with Gasteiger partial charge in [-0.2, -0.15) is 5.10 Å². The van der Waals surface area contributed by atoms with E-state index in [1.54, 1.807) is 37.1 Å². The second-order valence-corrected chi connectivity index (χ2v) is 7.17. The van der Waals surface area contributed by atoms with E-state index in [1.165, 1.54) is 0 Å². The molecule has 1 aliphatic heterocycles. The van der Waals surface area contributed by atoms with E-state index >= 15 is 0 Å². The summed E-state index contributed by atoms with van der Waals surface area (Å²) in [6, 6.07) is 12.6. The maximum atomic E-state index is 12.9. The van der Waals surface area contributed by atoms with Crippen LogP contribution in [0.5, 0.6) is 11.5 Å². The Kier molecular flexibility index (Phi) is 5.56. The van der Waals surface area contributed by atoms with E-state index in [0.717, 1.165) is 36.8 Å². The fourth-order valence-electron chi connectivity index (χ4n) is 3.69. The quantitative estimate of drug-likeness (QED) is 0.678. The number of aromatic nitrogens is 2. The lowest BCUT2D eigenvalue weighted by molar-refractivity contribution is -0.116. The molecule has 0 spiro atoms. The zero-order chi connectivity index (χ0) is 21.1. The molecule has 8 nitrogen and oxygen atoms in total. The lowest BCUT2D eigenvalue weighted by Gasteiger charge is -2.13. The number of benzene rings is 2. The molecule has 4 rings (SSSR count). The van der Waals surface area contributed by atoms with Crippen LogP contribution >= 0.6 is 0 Å². The van der Waals surface area contributed by atoms with Gasteiger partial charge in [0.2, 0.25) is 5.91 Å². The highest BCUT2D eigenvalue weighted by Crippen LogP contribution is 2.26. The van der Waals surface area contributed by atoms with Gasteiger partial charge in [0, 0.05) is 42.4 Å². The number of amides is 2. The first-order chi connectivity index (χ1) is 14.6. The zero-order valence-electron chi connectivity index (χ0n) is 17.1. The van der Waals surface area contributed by atoms with Gasteiger partial charge in [0.1, 0.15) is 18.0 Å². The first kappa shape index (κ1) is 19.8. The minimum Gasteiger partial charge on any atom is -0.497 e. The number of carbonyl (C=O) groups is 2. The summed E-state index contributed by atoms with van der Waals surface area (Å²) in [5.74, 6) is 0.805. The van der Waals surface area contributed by atoms with Crippen LogP contribution in [0.25, 0.3) is 10.9 Å². The summed E-state index contributed by atoms with van der Waals surface area (Å²) in [6.45, 7) is 1.48. The molecule has 0 bridgehead atoms. The third-order valence-corrected chi connectivity index (χ3v) is 5.18. The first-order valence-electron chi connectivity index (χ1n) is 9.87. The molecule has 2 aromatic carbocycles. The third kappa shape index (κ3) is 3.94. The molecule has 2 heterocycles. The van der Waals surface area contributed by atoms with E-state index in [4.69, 9.17) is 9.47 Å². The second-order valence-electron chi connectivity index (χ2n) is 7.17. The number of fused-ring (bicyclic) bond motifs is 1. The topological polar surface area (TPSA) is 85.7 Å². The molecule has 156 valence electrons. The van der Waals surface area contributed by atoms with Gasteiger partial charge in [-0.3, -0.25) is 14.3 Å². The van der Waals surface area contributed by atoms with Crippen molar-refractivity contribution in [2.45, 2.75) is 19.4 Å². The number of likely N-dealkylation sites (tertiary alicyclic amines) is 1. The molecule has 2 amide bonds. The Morgan fingerprint density at radius 2 is 1.70 bits per heavy atom. The summed E-state index contributed by atoms with van der Waals surface area (Å²) in [4.78, 5) is 27.4. The van der Waals surface area contributed by atoms with Crippen molar-refractivity contribution in [3.05, 3.63) is 48.2 Å². The second kappa shape index (κ2) is 8.44. The standard InChI is InChI=1S/C22H24N4O4/c1-29-16-11-15(12-17(13-16)30-2)23-20(27)14-26-19-8-4-3-7-18(19)21(24-26)22(28)25-9-5-6-10-25/h3-4,7-8,11-13H,5-6,9-10,14H2,1-2H3,(H,23,27). The van der Waals surface area contributed by atoms with Crippen molar-refractivity contribution in [3.63, 3.8) is 0 Å². The Labute approximate surface area is 174 Å². The summed E-state index contributed by atoms with van der Waals surface area (Å²) in [7, 11) is 3.10. The zero-order valence-corrected chi connectivity index (χ0v) is 17.1. The summed E-state index contributed by atoms with van der Waals surface area (Å²) in [6.07, 6.45) is 2.02. The summed E-state index contributed by atoms with van der Waals surface area (Å²) < 4.78 is 12.1. The number of anilines is 1. The van der Waals surface area contributed by atoms with Crippen LogP contribution < -0.4 is 14.8 Å². The third-order valence-electron chi connectivity index (χ3n) is 5.18. The van der Waals surface area contributed by atoms with Crippen LogP contribution in [0.15, 0.2) is 42.5 Å². The first-order valence-corrected chi connectivity index (χ1v) is 9.87. The minimum atomic E-state index is -0.265. The smallest absolute Gasteiger partial charge is 0.275 e. The van der Waals surface area contributed by atoms with Gasteiger partial charge in [0.15, 0.2) is 5.69 Å². The average molecular weight is 408 g/mol. The van der Waals surface area contributed by atoms with Crippen molar-refractivity contribution in [1.82, 2.24) is 14.7 Å². The molecule has 1 aromatic heterocycles. The Bertz CT molecular complexity index is 1060. The van der Waals surface area contributed by atoms with Crippen molar-refractivity contribution in [2.75, 3.05) is 32.6 Å². The van der Waals surface area contributed by atoms with Crippen molar-refractivity contribution >= 4 is 28.4 Å². The molecule has 30 heavy (non-hydrogen) atoms. The van der Waals surface area contributed by atoms with Crippen LogP contribution in [0.3, 0.4) is 0 Å². The number of carbonyl (C=O) groups excluding carboxylic acids is 2. The summed E-state index contributed by atoms with van der Waals surface area (Å²) >= 11 is 0. The molecular formula is C22H24N4O4. The van der Waals surface area contributed by atoms with Gasteiger partial charge < -0.3 is 19.7 Å². The number of nitrogens with zero attached hydrogens (tertiary/aromatic N) is 3. The molecule has 0 unspecified atom stereocenters. The molecule has 1 fully saturated rings. The molecule has 0 atom stereocenters. The number of hydrogen-bond acceptors (Lipinski definition) is 5. The number of ether oxygens (including phenoxy) is 2. The van der Waals surface area contributed by atoms with E-state index < -0.39 is 0 Å². The molecule has 0 saturated carbocycles. The van der Waals surface area contributed by atoms with Gasteiger partial charge >= 0.3 is 0 Å².